The molecule has 0 spiro atoms. The van der Waals surface area contributed by atoms with Crippen LogP contribution in [0.4, 0.5) is 0 Å². The van der Waals surface area contributed by atoms with Crippen molar-refractivity contribution in [3.05, 3.63) is 36.2 Å². The number of benzene rings is 1. The normalized spacial score (nSPS) is 10.8. The molecule has 0 radical (unpaired) electrons. The van der Waals surface area contributed by atoms with Gasteiger partial charge in [0, 0.05) is 23.3 Å². The van der Waals surface area contributed by atoms with E-state index in [0.29, 0.717) is 22.6 Å². The Hall–Kier alpha value is -2.76. The topological polar surface area (TPSA) is 96.8 Å². The largest absolute Gasteiger partial charge is 0.497 e. The molecule has 1 amide bonds. The van der Waals surface area contributed by atoms with E-state index in [2.05, 4.69) is 15.2 Å². The molecule has 0 saturated carbocycles. The third-order valence-corrected chi connectivity index (χ3v) is 3.04. The second kappa shape index (κ2) is 4.16. The summed E-state index contributed by atoms with van der Waals surface area (Å²) in [5, 5.41) is 8.04. The molecule has 96 valence electrons. The van der Waals surface area contributed by atoms with Gasteiger partial charge in [0.25, 0.3) is 0 Å². The Morgan fingerprint density at radius 3 is 2.95 bits per heavy atom. The van der Waals surface area contributed by atoms with Crippen LogP contribution in [-0.2, 0) is 0 Å². The van der Waals surface area contributed by atoms with E-state index < -0.39 is 5.91 Å². The highest BCUT2D eigenvalue weighted by Gasteiger charge is 2.16. The molecule has 0 aliphatic carbocycles. The Kier molecular flexibility index (Phi) is 2.49. The highest BCUT2D eigenvalue weighted by atomic mass is 16.5. The smallest absolute Gasteiger partial charge is 0.249 e. The third-order valence-electron chi connectivity index (χ3n) is 3.04. The van der Waals surface area contributed by atoms with Gasteiger partial charge in [0.05, 0.1) is 18.2 Å². The van der Waals surface area contributed by atoms with Gasteiger partial charge in [-0.1, -0.05) is 0 Å². The standard InChI is InChI=1S/C13H12N4O2/c1-19-7-2-3-8(9(4-7)13(14)18)12-10-5-15-6-11(10)16-17-12/h2-6,15-16H,1H3,(H2,14,18). The number of ether oxygens (including phenoxy) is 1. The number of hydrogen-bond acceptors (Lipinski definition) is 3. The van der Waals surface area contributed by atoms with Crippen molar-refractivity contribution in [3.8, 4) is 17.0 Å². The van der Waals surface area contributed by atoms with Crippen molar-refractivity contribution in [2.24, 2.45) is 5.73 Å². The molecule has 0 unspecified atom stereocenters. The zero-order valence-electron chi connectivity index (χ0n) is 10.2. The van der Waals surface area contributed by atoms with Crippen LogP contribution < -0.4 is 10.5 Å². The summed E-state index contributed by atoms with van der Waals surface area (Å²) in [6, 6.07) is 5.17. The Balaban J connectivity index is 2.25. The number of H-pyrrole nitrogens is 2. The molecule has 1 aromatic carbocycles. The van der Waals surface area contributed by atoms with Gasteiger partial charge in [0.2, 0.25) is 5.91 Å². The fourth-order valence-corrected chi connectivity index (χ4v) is 2.09. The van der Waals surface area contributed by atoms with Gasteiger partial charge >= 0.3 is 0 Å². The molecule has 3 rings (SSSR count). The van der Waals surface area contributed by atoms with Crippen molar-refractivity contribution in [1.82, 2.24) is 15.2 Å². The maximum atomic E-state index is 11.6. The quantitative estimate of drug-likeness (QED) is 0.664. The first-order chi connectivity index (χ1) is 9.20. The fourth-order valence-electron chi connectivity index (χ4n) is 2.09. The number of aromatic nitrogens is 3. The first-order valence-electron chi connectivity index (χ1n) is 5.70. The minimum Gasteiger partial charge on any atom is -0.497 e. The lowest BCUT2D eigenvalue weighted by Crippen LogP contribution is -2.12. The van der Waals surface area contributed by atoms with Gasteiger partial charge in [-0.2, -0.15) is 5.10 Å². The van der Waals surface area contributed by atoms with Crippen LogP contribution in [0, 0.1) is 0 Å². The number of nitrogens with zero attached hydrogens (tertiary/aromatic N) is 1. The molecule has 0 bridgehead atoms. The molecule has 2 aromatic heterocycles. The predicted molar refractivity (Wildman–Crippen MR) is 71.0 cm³/mol. The summed E-state index contributed by atoms with van der Waals surface area (Å²) in [7, 11) is 1.54. The van der Waals surface area contributed by atoms with E-state index in [1.54, 1.807) is 31.5 Å². The van der Waals surface area contributed by atoms with Gasteiger partial charge in [0.1, 0.15) is 11.4 Å². The molecular formula is C13H12N4O2. The van der Waals surface area contributed by atoms with Crippen LogP contribution in [0.25, 0.3) is 22.2 Å². The zero-order valence-corrected chi connectivity index (χ0v) is 10.2. The Morgan fingerprint density at radius 2 is 2.21 bits per heavy atom. The molecule has 19 heavy (non-hydrogen) atoms. The highest BCUT2D eigenvalue weighted by molar-refractivity contribution is 6.04. The fraction of sp³-hybridized carbons (Fsp3) is 0.0769. The Labute approximate surface area is 108 Å². The molecule has 4 N–H and O–H groups in total. The lowest BCUT2D eigenvalue weighted by Gasteiger charge is -2.07. The first-order valence-corrected chi connectivity index (χ1v) is 5.70. The number of amides is 1. The van der Waals surface area contributed by atoms with E-state index >= 15 is 0 Å². The van der Waals surface area contributed by atoms with Gasteiger partial charge in [-0.05, 0) is 18.2 Å². The van der Waals surface area contributed by atoms with Crippen LogP contribution in [0.1, 0.15) is 10.4 Å². The predicted octanol–water partition coefficient (Wildman–Crippen LogP) is 1.67. The number of nitrogens with two attached hydrogens (primary N) is 1. The number of carbonyl (C=O) groups excluding carboxylic acids is 1. The molecule has 2 heterocycles. The van der Waals surface area contributed by atoms with Crippen LogP contribution in [0.5, 0.6) is 5.75 Å². The van der Waals surface area contributed by atoms with Crippen LogP contribution in [0.2, 0.25) is 0 Å². The van der Waals surface area contributed by atoms with Crippen molar-refractivity contribution in [3.63, 3.8) is 0 Å². The summed E-state index contributed by atoms with van der Waals surface area (Å²) in [5.41, 5.74) is 8.05. The van der Waals surface area contributed by atoms with E-state index in [9.17, 15) is 4.79 Å². The zero-order chi connectivity index (χ0) is 13.4. The number of aromatic amines is 2. The van der Waals surface area contributed by atoms with Crippen LogP contribution >= 0.6 is 0 Å². The number of hydrogen-bond donors (Lipinski definition) is 3. The van der Waals surface area contributed by atoms with Gasteiger partial charge in [-0.15, -0.1) is 0 Å². The summed E-state index contributed by atoms with van der Waals surface area (Å²) < 4.78 is 5.11. The van der Waals surface area contributed by atoms with E-state index in [1.165, 1.54) is 0 Å². The molecule has 0 fully saturated rings. The van der Waals surface area contributed by atoms with Crippen molar-refractivity contribution in [2.45, 2.75) is 0 Å². The lowest BCUT2D eigenvalue weighted by molar-refractivity contribution is 0.100. The van der Waals surface area contributed by atoms with Crippen molar-refractivity contribution in [2.75, 3.05) is 7.11 Å². The maximum Gasteiger partial charge on any atom is 0.249 e. The van der Waals surface area contributed by atoms with Gasteiger partial charge in [0.15, 0.2) is 0 Å². The van der Waals surface area contributed by atoms with Crippen LogP contribution in [0.15, 0.2) is 30.6 Å². The molecule has 6 heteroatoms. The number of nitrogens with one attached hydrogen (secondary N) is 2. The van der Waals surface area contributed by atoms with E-state index in [0.717, 1.165) is 10.9 Å². The number of fused-ring (bicyclic) bond motifs is 1. The molecule has 0 atom stereocenters. The van der Waals surface area contributed by atoms with Gasteiger partial charge in [-0.3, -0.25) is 9.89 Å². The molecule has 0 aliphatic rings. The van der Waals surface area contributed by atoms with Gasteiger partial charge < -0.3 is 15.5 Å². The molecule has 3 aromatic rings. The minimum absolute atomic E-state index is 0.383. The first kappa shape index (κ1) is 11.3. The van der Waals surface area contributed by atoms with Gasteiger partial charge in [-0.25, -0.2) is 0 Å². The number of rotatable bonds is 3. The lowest BCUT2D eigenvalue weighted by atomic mass is 10.0. The van der Waals surface area contributed by atoms with Crippen molar-refractivity contribution in [1.29, 1.82) is 0 Å². The molecule has 6 nitrogen and oxygen atoms in total. The minimum atomic E-state index is -0.513. The molecule has 0 saturated heterocycles. The molecule has 0 aliphatic heterocycles. The monoisotopic (exact) mass is 256 g/mol. The second-order valence-electron chi connectivity index (χ2n) is 4.13. The second-order valence-corrected chi connectivity index (χ2v) is 4.13. The Bertz CT molecular complexity index is 757. The van der Waals surface area contributed by atoms with E-state index in [-0.39, 0.29) is 0 Å². The third kappa shape index (κ3) is 1.74. The summed E-state index contributed by atoms with van der Waals surface area (Å²) >= 11 is 0. The number of methoxy groups -OCH3 is 1. The van der Waals surface area contributed by atoms with Crippen molar-refractivity contribution < 1.29 is 9.53 Å². The number of primary amides is 1. The van der Waals surface area contributed by atoms with E-state index in [4.69, 9.17) is 10.5 Å². The summed E-state index contributed by atoms with van der Waals surface area (Å²) in [6.07, 6.45) is 3.63. The SMILES string of the molecule is COc1ccc(-c2n[nH]c3c[nH]cc23)c(C(N)=O)c1. The maximum absolute atomic E-state index is 11.6. The average molecular weight is 256 g/mol. The van der Waals surface area contributed by atoms with E-state index in [1.807, 2.05) is 6.20 Å². The molecular weight excluding hydrogens is 244 g/mol. The van der Waals surface area contributed by atoms with Crippen molar-refractivity contribution >= 4 is 16.8 Å². The van der Waals surface area contributed by atoms with Crippen LogP contribution in [0.3, 0.4) is 0 Å². The van der Waals surface area contributed by atoms with Crippen LogP contribution in [-0.4, -0.2) is 28.2 Å². The Morgan fingerprint density at radius 1 is 1.37 bits per heavy atom. The highest BCUT2D eigenvalue weighted by Crippen LogP contribution is 2.30. The summed E-state index contributed by atoms with van der Waals surface area (Å²) in [5.74, 6) is 0.0685. The summed E-state index contributed by atoms with van der Waals surface area (Å²) in [4.78, 5) is 14.6. The summed E-state index contributed by atoms with van der Waals surface area (Å²) in [6.45, 7) is 0. The number of carbonyl (C=O) groups is 1. The average Bonchev–Trinajstić information content (AvgIpc) is 3.00.